The lowest BCUT2D eigenvalue weighted by Gasteiger charge is -2.13. The lowest BCUT2D eigenvalue weighted by molar-refractivity contribution is -0.140. The summed E-state index contributed by atoms with van der Waals surface area (Å²) < 4.78 is 10.2. The summed E-state index contributed by atoms with van der Waals surface area (Å²) in [4.78, 5) is 23.1. The quantitative estimate of drug-likeness (QED) is 0.845. The Morgan fingerprint density at radius 2 is 2.21 bits per heavy atom. The van der Waals surface area contributed by atoms with E-state index in [4.69, 9.17) is 9.47 Å². The number of alkyl carbamates (subject to hydrolysis) is 1. The van der Waals surface area contributed by atoms with E-state index < -0.39 is 6.09 Å². The predicted octanol–water partition coefficient (Wildman–Crippen LogP) is 1.32. The molecule has 1 amide bonds. The highest BCUT2D eigenvalue weighted by molar-refractivity contribution is 8.01. The first-order chi connectivity index (χ1) is 9.24. The molecule has 2 fully saturated rings. The van der Waals surface area contributed by atoms with Gasteiger partial charge in [0.05, 0.1) is 6.04 Å². The summed E-state index contributed by atoms with van der Waals surface area (Å²) in [6.07, 6.45) is -0.726. The molecular formula is C13H13NO4S. The molecule has 1 aromatic rings. The Morgan fingerprint density at radius 1 is 1.42 bits per heavy atom. The molecule has 0 radical (unpaired) electrons. The minimum Gasteiger partial charge on any atom is -0.458 e. The highest BCUT2D eigenvalue weighted by atomic mass is 32.2. The monoisotopic (exact) mass is 279 g/mol. The molecule has 3 rings (SSSR count). The minimum absolute atomic E-state index is 0.216. The molecule has 1 aromatic carbocycles. The Morgan fingerprint density at radius 3 is 2.84 bits per heavy atom. The predicted molar refractivity (Wildman–Crippen MR) is 69.7 cm³/mol. The third kappa shape index (κ3) is 2.53. The topological polar surface area (TPSA) is 64.6 Å². The number of thioether (sulfide) groups is 1. The Labute approximate surface area is 114 Å². The molecule has 1 unspecified atom stereocenters. The largest absolute Gasteiger partial charge is 0.458 e. The first-order valence-corrected chi connectivity index (χ1v) is 7.08. The van der Waals surface area contributed by atoms with Crippen LogP contribution in [0.1, 0.15) is 5.56 Å². The van der Waals surface area contributed by atoms with Crippen molar-refractivity contribution in [3.05, 3.63) is 35.9 Å². The molecule has 100 valence electrons. The van der Waals surface area contributed by atoms with E-state index in [9.17, 15) is 9.59 Å². The number of ether oxygens (including phenoxy) is 2. The van der Waals surface area contributed by atoms with Gasteiger partial charge in [-0.25, -0.2) is 4.79 Å². The SMILES string of the molecule is O=C(NC1[C@@H]2SC[C@H]1OC2=O)OCc1ccccc1. The average molecular weight is 279 g/mol. The molecule has 0 saturated carbocycles. The molecule has 0 aromatic heterocycles. The lowest BCUT2D eigenvalue weighted by Crippen LogP contribution is -2.43. The number of esters is 1. The Balaban J connectivity index is 1.51. The number of hydrogen-bond acceptors (Lipinski definition) is 5. The molecule has 6 heteroatoms. The van der Waals surface area contributed by atoms with E-state index in [0.29, 0.717) is 0 Å². The zero-order valence-corrected chi connectivity index (χ0v) is 10.9. The zero-order chi connectivity index (χ0) is 13.2. The number of carbonyl (C=O) groups excluding carboxylic acids is 2. The van der Waals surface area contributed by atoms with Crippen LogP contribution >= 0.6 is 11.8 Å². The highest BCUT2D eigenvalue weighted by Gasteiger charge is 2.51. The van der Waals surface area contributed by atoms with Gasteiger partial charge in [-0.1, -0.05) is 30.3 Å². The smallest absolute Gasteiger partial charge is 0.407 e. The van der Waals surface area contributed by atoms with Crippen molar-refractivity contribution < 1.29 is 19.1 Å². The highest BCUT2D eigenvalue weighted by Crippen LogP contribution is 2.36. The van der Waals surface area contributed by atoms with Gasteiger partial charge in [-0.05, 0) is 5.56 Å². The van der Waals surface area contributed by atoms with Crippen LogP contribution in [0.25, 0.3) is 0 Å². The van der Waals surface area contributed by atoms with Crippen molar-refractivity contribution in [1.82, 2.24) is 5.32 Å². The normalized spacial score (nSPS) is 28.0. The number of fused-ring (bicyclic) bond motifs is 2. The van der Waals surface area contributed by atoms with Crippen LogP contribution < -0.4 is 5.32 Å². The van der Waals surface area contributed by atoms with Gasteiger partial charge in [0.25, 0.3) is 0 Å². The lowest BCUT2D eigenvalue weighted by atomic mass is 10.1. The van der Waals surface area contributed by atoms with Crippen molar-refractivity contribution in [3.63, 3.8) is 0 Å². The third-order valence-electron chi connectivity index (χ3n) is 3.16. The molecule has 3 atom stereocenters. The Hall–Kier alpha value is -1.69. The van der Waals surface area contributed by atoms with Crippen molar-refractivity contribution in [3.8, 4) is 0 Å². The summed E-state index contributed by atoms with van der Waals surface area (Å²) in [5.41, 5.74) is 0.925. The van der Waals surface area contributed by atoms with E-state index >= 15 is 0 Å². The van der Waals surface area contributed by atoms with E-state index in [0.717, 1.165) is 11.3 Å². The maximum Gasteiger partial charge on any atom is 0.407 e. The molecule has 2 heterocycles. The molecule has 19 heavy (non-hydrogen) atoms. The van der Waals surface area contributed by atoms with E-state index in [1.54, 1.807) is 0 Å². The fraction of sp³-hybridized carbons (Fsp3) is 0.385. The fourth-order valence-electron chi connectivity index (χ4n) is 2.21. The number of rotatable bonds is 3. The Kier molecular flexibility index (Phi) is 3.33. The number of benzene rings is 1. The summed E-state index contributed by atoms with van der Waals surface area (Å²) in [6, 6.07) is 9.18. The molecule has 0 spiro atoms. The van der Waals surface area contributed by atoms with Gasteiger partial charge >= 0.3 is 12.1 Å². The van der Waals surface area contributed by atoms with Gasteiger partial charge in [0.2, 0.25) is 0 Å². The van der Waals surface area contributed by atoms with E-state index in [-0.39, 0.29) is 30.0 Å². The number of nitrogens with one attached hydrogen (secondary N) is 1. The third-order valence-corrected chi connectivity index (χ3v) is 4.53. The van der Waals surface area contributed by atoms with Gasteiger partial charge in [0, 0.05) is 5.75 Å². The molecule has 2 bridgehead atoms. The number of carbonyl (C=O) groups is 2. The van der Waals surface area contributed by atoms with Crippen LogP contribution in [-0.2, 0) is 20.9 Å². The van der Waals surface area contributed by atoms with E-state index in [1.165, 1.54) is 11.8 Å². The van der Waals surface area contributed by atoms with E-state index in [1.807, 2.05) is 30.3 Å². The molecular weight excluding hydrogens is 266 g/mol. The van der Waals surface area contributed by atoms with Crippen LogP contribution in [0.2, 0.25) is 0 Å². The second kappa shape index (κ2) is 5.13. The standard InChI is InChI=1S/C13H13NO4S/c15-12-11-10(9(18-12)7-19-11)14-13(16)17-6-8-4-2-1-3-5-8/h1-5,9-11H,6-7H2,(H,14,16)/t9-,10?,11+/m1/s1. The molecule has 1 N–H and O–H groups in total. The summed E-state index contributed by atoms with van der Waals surface area (Å²) in [6.45, 7) is 0.219. The van der Waals surface area contributed by atoms with Crippen LogP contribution in [0.4, 0.5) is 4.79 Å². The van der Waals surface area contributed by atoms with Gasteiger partial charge in [0.15, 0.2) is 0 Å². The molecule has 2 aliphatic heterocycles. The van der Waals surface area contributed by atoms with Crippen LogP contribution in [0.3, 0.4) is 0 Å². The van der Waals surface area contributed by atoms with Crippen LogP contribution in [0.5, 0.6) is 0 Å². The molecule has 2 saturated heterocycles. The second-order valence-electron chi connectivity index (χ2n) is 4.46. The first kappa shape index (κ1) is 12.3. The summed E-state index contributed by atoms with van der Waals surface area (Å²) in [7, 11) is 0. The zero-order valence-electron chi connectivity index (χ0n) is 10.1. The van der Waals surface area contributed by atoms with E-state index in [2.05, 4.69) is 5.32 Å². The van der Waals surface area contributed by atoms with Crippen molar-refractivity contribution >= 4 is 23.8 Å². The van der Waals surface area contributed by atoms with Crippen molar-refractivity contribution in [2.45, 2.75) is 24.0 Å². The second-order valence-corrected chi connectivity index (χ2v) is 5.64. The number of amides is 1. The van der Waals surface area contributed by atoms with Crippen LogP contribution in [-0.4, -0.2) is 35.2 Å². The molecule has 2 aliphatic rings. The van der Waals surface area contributed by atoms with Gasteiger partial charge in [0.1, 0.15) is 18.0 Å². The number of hydrogen-bond donors (Lipinski definition) is 1. The van der Waals surface area contributed by atoms with Crippen molar-refractivity contribution in [2.75, 3.05) is 5.75 Å². The minimum atomic E-state index is -0.510. The maximum absolute atomic E-state index is 11.7. The summed E-state index contributed by atoms with van der Waals surface area (Å²) >= 11 is 1.52. The fourth-order valence-corrected chi connectivity index (χ4v) is 3.52. The van der Waals surface area contributed by atoms with Gasteiger partial charge in [-0.2, -0.15) is 0 Å². The van der Waals surface area contributed by atoms with Crippen LogP contribution in [0, 0.1) is 0 Å². The Bertz CT molecular complexity index is 493. The van der Waals surface area contributed by atoms with Gasteiger partial charge in [-0.15, -0.1) is 11.8 Å². The van der Waals surface area contributed by atoms with Crippen molar-refractivity contribution in [1.29, 1.82) is 0 Å². The average Bonchev–Trinajstić information content (AvgIpc) is 2.93. The maximum atomic E-state index is 11.7. The van der Waals surface area contributed by atoms with Crippen molar-refractivity contribution in [2.24, 2.45) is 0 Å². The summed E-state index contributed by atoms with van der Waals surface area (Å²) in [5.74, 6) is 0.495. The molecule has 5 nitrogen and oxygen atoms in total. The summed E-state index contributed by atoms with van der Waals surface area (Å²) in [5, 5.41) is 2.43. The first-order valence-electron chi connectivity index (χ1n) is 6.03. The molecule has 0 aliphatic carbocycles. The van der Waals surface area contributed by atoms with Gasteiger partial charge < -0.3 is 14.8 Å². The van der Waals surface area contributed by atoms with Gasteiger partial charge in [-0.3, -0.25) is 4.79 Å². The van der Waals surface area contributed by atoms with Crippen LogP contribution in [0.15, 0.2) is 30.3 Å².